The summed E-state index contributed by atoms with van der Waals surface area (Å²) >= 11 is 0. The van der Waals surface area contributed by atoms with Crippen molar-refractivity contribution in [3.8, 4) is 0 Å². The van der Waals surface area contributed by atoms with Crippen LogP contribution in [0.4, 0.5) is 5.82 Å². The number of hydrogen-bond donors (Lipinski definition) is 1. The number of benzene rings is 1. The molecule has 2 aromatic rings. The highest BCUT2D eigenvalue weighted by atomic mass is 15.3. The van der Waals surface area contributed by atoms with Crippen LogP contribution >= 0.6 is 0 Å². The second-order valence-electron chi connectivity index (χ2n) is 4.53. The maximum atomic E-state index is 4.30. The molecule has 0 bridgehead atoms. The van der Waals surface area contributed by atoms with E-state index in [1.807, 2.05) is 16.9 Å². The van der Waals surface area contributed by atoms with Crippen LogP contribution in [0.2, 0.25) is 0 Å². The molecule has 0 spiro atoms. The Bertz CT molecular complexity index is 486. The van der Waals surface area contributed by atoms with Gasteiger partial charge in [0, 0.05) is 18.7 Å². The smallest absolute Gasteiger partial charge is 0.124 e. The van der Waals surface area contributed by atoms with Crippen molar-refractivity contribution in [1.29, 1.82) is 0 Å². The number of hydrogen-bond acceptors (Lipinski definition) is 2. The van der Waals surface area contributed by atoms with Crippen LogP contribution in [-0.2, 0) is 6.54 Å². The van der Waals surface area contributed by atoms with E-state index in [2.05, 4.69) is 55.5 Å². The summed E-state index contributed by atoms with van der Waals surface area (Å²) in [6.45, 7) is 7.24. The monoisotopic (exact) mass is 229 g/mol. The summed E-state index contributed by atoms with van der Waals surface area (Å²) in [5.41, 5.74) is 2.64. The van der Waals surface area contributed by atoms with E-state index >= 15 is 0 Å². The lowest BCUT2D eigenvalue weighted by Gasteiger charge is -2.13. The van der Waals surface area contributed by atoms with E-state index in [1.165, 1.54) is 11.1 Å². The first-order valence-corrected chi connectivity index (χ1v) is 6.00. The van der Waals surface area contributed by atoms with Gasteiger partial charge in [-0.3, -0.25) is 0 Å². The van der Waals surface area contributed by atoms with Gasteiger partial charge in [-0.15, -0.1) is 0 Å². The number of anilines is 1. The van der Waals surface area contributed by atoms with Crippen molar-refractivity contribution < 1.29 is 0 Å². The maximum Gasteiger partial charge on any atom is 0.124 e. The average molecular weight is 229 g/mol. The third kappa shape index (κ3) is 2.67. The molecular formula is C14H19N3. The zero-order valence-electron chi connectivity index (χ0n) is 10.6. The Morgan fingerprint density at radius 1 is 1.24 bits per heavy atom. The Kier molecular flexibility index (Phi) is 3.47. The van der Waals surface area contributed by atoms with Gasteiger partial charge in [-0.1, -0.05) is 24.3 Å². The molecule has 0 atom stereocenters. The van der Waals surface area contributed by atoms with Gasteiger partial charge in [0.05, 0.1) is 6.20 Å². The fraction of sp³-hybridized carbons (Fsp3) is 0.357. The van der Waals surface area contributed by atoms with Crippen molar-refractivity contribution in [2.24, 2.45) is 0 Å². The van der Waals surface area contributed by atoms with Gasteiger partial charge in [0.25, 0.3) is 0 Å². The molecule has 17 heavy (non-hydrogen) atoms. The first-order chi connectivity index (χ1) is 8.18. The van der Waals surface area contributed by atoms with Gasteiger partial charge in [0.2, 0.25) is 0 Å². The molecule has 90 valence electrons. The number of nitrogens with zero attached hydrogens (tertiary/aromatic N) is 2. The summed E-state index contributed by atoms with van der Waals surface area (Å²) < 4.78 is 2.00. The zero-order valence-corrected chi connectivity index (χ0v) is 10.6. The quantitative estimate of drug-likeness (QED) is 0.871. The molecule has 0 aliphatic rings. The van der Waals surface area contributed by atoms with E-state index in [0.717, 1.165) is 12.4 Å². The predicted octanol–water partition coefficient (Wildman–Crippen LogP) is 3.38. The summed E-state index contributed by atoms with van der Waals surface area (Å²) in [6.07, 6.45) is 1.83. The van der Waals surface area contributed by atoms with Crippen LogP contribution < -0.4 is 5.32 Å². The number of nitrogens with one attached hydrogen (secondary N) is 1. The van der Waals surface area contributed by atoms with E-state index in [0.29, 0.717) is 6.04 Å². The molecule has 3 heteroatoms. The topological polar surface area (TPSA) is 29.9 Å². The lowest BCUT2D eigenvalue weighted by molar-refractivity contribution is 0.537. The second-order valence-corrected chi connectivity index (χ2v) is 4.53. The normalized spacial score (nSPS) is 10.8. The van der Waals surface area contributed by atoms with Gasteiger partial charge in [-0.2, -0.15) is 5.10 Å². The van der Waals surface area contributed by atoms with Gasteiger partial charge in [-0.05, 0) is 31.9 Å². The molecule has 0 unspecified atom stereocenters. The largest absolute Gasteiger partial charge is 0.366 e. The summed E-state index contributed by atoms with van der Waals surface area (Å²) in [5.74, 6) is 1.07. The summed E-state index contributed by atoms with van der Waals surface area (Å²) in [5, 5.41) is 7.74. The molecule has 1 aromatic heterocycles. The first kappa shape index (κ1) is 11.7. The highest BCUT2D eigenvalue weighted by molar-refractivity contribution is 5.37. The molecule has 1 N–H and O–H groups in total. The minimum Gasteiger partial charge on any atom is -0.366 e. The fourth-order valence-corrected chi connectivity index (χ4v) is 1.86. The van der Waals surface area contributed by atoms with E-state index in [1.54, 1.807) is 0 Å². The SMILES string of the molecule is Cc1ccccc1CNc1ccnn1C(C)C. The molecule has 3 nitrogen and oxygen atoms in total. The molecule has 2 rings (SSSR count). The Morgan fingerprint density at radius 3 is 2.71 bits per heavy atom. The second kappa shape index (κ2) is 5.04. The molecular weight excluding hydrogens is 210 g/mol. The van der Waals surface area contributed by atoms with E-state index in [9.17, 15) is 0 Å². The van der Waals surface area contributed by atoms with Crippen LogP contribution in [0.3, 0.4) is 0 Å². The lowest BCUT2D eigenvalue weighted by atomic mass is 10.1. The standard InChI is InChI=1S/C14H19N3/c1-11(2)17-14(8-9-16-17)15-10-13-7-5-4-6-12(13)3/h4-9,11,15H,10H2,1-3H3. The van der Waals surface area contributed by atoms with Crippen molar-refractivity contribution >= 4 is 5.82 Å². The predicted molar refractivity (Wildman–Crippen MR) is 71.1 cm³/mol. The Morgan fingerprint density at radius 2 is 2.00 bits per heavy atom. The highest BCUT2D eigenvalue weighted by Crippen LogP contribution is 2.15. The minimum absolute atomic E-state index is 0.379. The van der Waals surface area contributed by atoms with Crippen LogP contribution in [0, 0.1) is 6.92 Å². The molecule has 0 saturated heterocycles. The van der Waals surface area contributed by atoms with E-state index in [4.69, 9.17) is 0 Å². The Balaban J connectivity index is 2.08. The fourth-order valence-electron chi connectivity index (χ4n) is 1.86. The van der Waals surface area contributed by atoms with Gasteiger partial charge < -0.3 is 5.32 Å². The summed E-state index contributed by atoms with van der Waals surface area (Å²) in [4.78, 5) is 0. The number of aryl methyl sites for hydroxylation is 1. The summed E-state index contributed by atoms with van der Waals surface area (Å²) in [7, 11) is 0. The molecule has 0 saturated carbocycles. The molecule has 0 aliphatic carbocycles. The van der Waals surface area contributed by atoms with Gasteiger partial charge in [0.1, 0.15) is 5.82 Å². The van der Waals surface area contributed by atoms with Gasteiger partial charge in [-0.25, -0.2) is 4.68 Å². The first-order valence-electron chi connectivity index (χ1n) is 6.00. The molecule has 0 radical (unpaired) electrons. The maximum absolute atomic E-state index is 4.30. The molecule has 0 amide bonds. The van der Waals surface area contributed by atoms with E-state index < -0.39 is 0 Å². The van der Waals surface area contributed by atoms with Crippen LogP contribution in [0.5, 0.6) is 0 Å². The van der Waals surface area contributed by atoms with Gasteiger partial charge >= 0.3 is 0 Å². The van der Waals surface area contributed by atoms with E-state index in [-0.39, 0.29) is 0 Å². The van der Waals surface area contributed by atoms with Crippen molar-refractivity contribution in [3.05, 3.63) is 47.7 Å². The van der Waals surface area contributed by atoms with Crippen molar-refractivity contribution in [3.63, 3.8) is 0 Å². The van der Waals surface area contributed by atoms with Gasteiger partial charge in [0.15, 0.2) is 0 Å². The third-order valence-electron chi connectivity index (χ3n) is 2.88. The Hall–Kier alpha value is -1.77. The zero-order chi connectivity index (χ0) is 12.3. The minimum atomic E-state index is 0.379. The van der Waals surface area contributed by atoms with Crippen LogP contribution in [0.25, 0.3) is 0 Å². The summed E-state index contributed by atoms with van der Waals surface area (Å²) in [6, 6.07) is 10.8. The molecule has 0 aliphatic heterocycles. The average Bonchev–Trinajstić information content (AvgIpc) is 2.76. The van der Waals surface area contributed by atoms with Crippen molar-refractivity contribution in [2.75, 3.05) is 5.32 Å². The molecule has 1 aromatic carbocycles. The van der Waals surface area contributed by atoms with Crippen molar-refractivity contribution in [2.45, 2.75) is 33.4 Å². The van der Waals surface area contributed by atoms with Crippen LogP contribution in [0.1, 0.15) is 31.0 Å². The van der Waals surface area contributed by atoms with Crippen molar-refractivity contribution in [1.82, 2.24) is 9.78 Å². The third-order valence-corrected chi connectivity index (χ3v) is 2.88. The lowest BCUT2D eigenvalue weighted by Crippen LogP contribution is -2.10. The Labute approximate surface area is 102 Å². The highest BCUT2D eigenvalue weighted by Gasteiger charge is 2.05. The molecule has 1 heterocycles. The van der Waals surface area contributed by atoms with Crippen LogP contribution in [-0.4, -0.2) is 9.78 Å². The number of rotatable bonds is 4. The molecule has 0 fully saturated rings. The number of aromatic nitrogens is 2. The van der Waals surface area contributed by atoms with Crippen LogP contribution in [0.15, 0.2) is 36.5 Å².